The Labute approximate surface area is 66.5 Å². The lowest BCUT2D eigenvalue weighted by Crippen LogP contribution is -1.92. The Morgan fingerprint density at radius 1 is 1.64 bits per heavy atom. The summed E-state index contributed by atoms with van der Waals surface area (Å²) in [6.45, 7) is 2.58. The molecule has 0 aliphatic heterocycles. The van der Waals surface area contributed by atoms with Crippen molar-refractivity contribution in [3.8, 4) is 5.75 Å². The van der Waals surface area contributed by atoms with Gasteiger partial charge in [0.15, 0.2) is 0 Å². The van der Waals surface area contributed by atoms with Crippen LogP contribution in [0.5, 0.6) is 5.75 Å². The number of pyridine rings is 1. The molecular weight excluding hydrogens is 138 g/mol. The van der Waals surface area contributed by atoms with Crippen molar-refractivity contribution in [3.05, 3.63) is 36.7 Å². The maximum Gasteiger partial charge on any atom is 0.138 e. The molecule has 0 radical (unpaired) electrons. The van der Waals surface area contributed by atoms with Gasteiger partial charge in [-0.1, -0.05) is 12.2 Å². The minimum Gasteiger partial charge on any atom is -0.488 e. The van der Waals surface area contributed by atoms with Crippen LogP contribution < -0.4 is 4.74 Å². The topological polar surface area (TPSA) is 22.1 Å². The van der Waals surface area contributed by atoms with Crippen molar-refractivity contribution in [2.45, 2.75) is 6.92 Å². The fraction of sp³-hybridized carbons (Fsp3) is 0.222. The molecule has 0 bridgehead atoms. The fourth-order valence-electron chi connectivity index (χ4n) is 0.673. The lowest BCUT2D eigenvalue weighted by atomic mass is 10.4. The maximum absolute atomic E-state index is 5.30. The van der Waals surface area contributed by atoms with Crippen LogP contribution in [-0.4, -0.2) is 11.6 Å². The number of rotatable bonds is 3. The average Bonchev–Trinajstić information content (AvgIpc) is 2.07. The third-order valence-corrected chi connectivity index (χ3v) is 1.22. The smallest absolute Gasteiger partial charge is 0.138 e. The number of hydrogen-bond donors (Lipinski definition) is 0. The van der Waals surface area contributed by atoms with Crippen LogP contribution in [0.3, 0.4) is 0 Å². The van der Waals surface area contributed by atoms with E-state index in [0.29, 0.717) is 6.61 Å². The standard InChI is InChI=1S/C9H11NO/c1-2-3-7-11-9-5-4-6-10-8-9/h2-6,8H,7H2,1H3/b3-2-. The molecule has 0 aliphatic carbocycles. The van der Waals surface area contributed by atoms with Gasteiger partial charge < -0.3 is 4.74 Å². The molecule has 2 heteroatoms. The van der Waals surface area contributed by atoms with Crippen LogP contribution in [0, 0.1) is 0 Å². The molecule has 58 valence electrons. The van der Waals surface area contributed by atoms with Crippen molar-refractivity contribution < 1.29 is 4.74 Å². The number of ether oxygens (including phenoxy) is 1. The van der Waals surface area contributed by atoms with Crippen LogP contribution in [0.1, 0.15) is 6.92 Å². The highest BCUT2D eigenvalue weighted by Crippen LogP contribution is 2.05. The molecule has 0 aromatic carbocycles. The van der Waals surface area contributed by atoms with Gasteiger partial charge in [0, 0.05) is 6.20 Å². The first-order valence-electron chi connectivity index (χ1n) is 3.57. The summed E-state index contributed by atoms with van der Waals surface area (Å²) in [4.78, 5) is 3.91. The Bertz CT molecular complexity index is 218. The van der Waals surface area contributed by atoms with E-state index in [0.717, 1.165) is 5.75 Å². The van der Waals surface area contributed by atoms with Crippen molar-refractivity contribution in [1.82, 2.24) is 4.98 Å². The SMILES string of the molecule is C/C=C\COc1cccnc1. The van der Waals surface area contributed by atoms with E-state index in [9.17, 15) is 0 Å². The number of allylic oxidation sites excluding steroid dienone is 1. The van der Waals surface area contributed by atoms with E-state index >= 15 is 0 Å². The normalized spacial score (nSPS) is 10.3. The summed E-state index contributed by atoms with van der Waals surface area (Å²) in [7, 11) is 0. The molecule has 1 rings (SSSR count). The zero-order valence-corrected chi connectivity index (χ0v) is 6.53. The molecule has 0 atom stereocenters. The summed E-state index contributed by atoms with van der Waals surface area (Å²) in [5.74, 6) is 0.811. The van der Waals surface area contributed by atoms with Crippen molar-refractivity contribution in [2.24, 2.45) is 0 Å². The van der Waals surface area contributed by atoms with Gasteiger partial charge in [-0.2, -0.15) is 0 Å². The summed E-state index contributed by atoms with van der Waals surface area (Å²) in [6.07, 6.45) is 7.33. The Balaban J connectivity index is 2.39. The highest BCUT2D eigenvalue weighted by Gasteiger charge is 1.86. The first kappa shape index (κ1) is 7.79. The number of nitrogens with zero attached hydrogens (tertiary/aromatic N) is 1. The van der Waals surface area contributed by atoms with E-state index in [1.807, 2.05) is 31.2 Å². The van der Waals surface area contributed by atoms with Crippen LogP contribution in [0.4, 0.5) is 0 Å². The molecule has 0 spiro atoms. The minimum absolute atomic E-state index is 0.613. The molecule has 0 saturated heterocycles. The van der Waals surface area contributed by atoms with Gasteiger partial charge in [-0.25, -0.2) is 0 Å². The Kier molecular flexibility index (Phi) is 3.19. The van der Waals surface area contributed by atoms with E-state index in [4.69, 9.17) is 4.74 Å². The molecule has 0 fully saturated rings. The van der Waals surface area contributed by atoms with Gasteiger partial charge in [-0.3, -0.25) is 4.98 Å². The first-order chi connectivity index (χ1) is 5.43. The molecule has 1 aromatic heterocycles. The molecule has 11 heavy (non-hydrogen) atoms. The molecule has 0 saturated carbocycles. The van der Waals surface area contributed by atoms with Crippen molar-refractivity contribution in [3.63, 3.8) is 0 Å². The highest BCUT2D eigenvalue weighted by atomic mass is 16.5. The molecule has 0 unspecified atom stereocenters. The predicted octanol–water partition coefficient (Wildman–Crippen LogP) is 2.04. The van der Waals surface area contributed by atoms with Gasteiger partial charge in [0.25, 0.3) is 0 Å². The molecule has 0 N–H and O–H groups in total. The van der Waals surface area contributed by atoms with Crippen LogP contribution in [-0.2, 0) is 0 Å². The van der Waals surface area contributed by atoms with Crippen molar-refractivity contribution in [2.75, 3.05) is 6.61 Å². The van der Waals surface area contributed by atoms with Crippen molar-refractivity contribution >= 4 is 0 Å². The second kappa shape index (κ2) is 4.50. The zero-order valence-electron chi connectivity index (χ0n) is 6.53. The third kappa shape index (κ3) is 2.85. The largest absolute Gasteiger partial charge is 0.488 e. The summed E-state index contributed by atoms with van der Waals surface area (Å²) in [5.41, 5.74) is 0. The summed E-state index contributed by atoms with van der Waals surface area (Å²) in [6, 6.07) is 3.74. The van der Waals surface area contributed by atoms with Gasteiger partial charge in [0.2, 0.25) is 0 Å². The Morgan fingerprint density at radius 3 is 3.18 bits per heavy atom. The van der Waals surface area contributed by atoms with Crippen LogP contribution in [0.2, 0.25) is 0 Å². The second-order valence-electron chi connectivity index (χ2n) is 2.07. The quantitative estimate of drug-likeness (QED) is 0.613. The predicted molar refractivity (Wildman–Crippen MR) is 44.5 cm³/mol. The second-order valence-corrected chi connectivity index (χ2v) is 2.07. The summed E-state index contributed by atoms with van der Waals surface area (Å²) < 4.78 is 5.30. The van der Waals surface area contributed by atoms with Crippen LogP contribution in [0.15, 0.2) is 36.7 Å². The molecule has 2 nitrogen and oxygen atoms in total. The Morgan fingerprint density at radius 2 is 2.55 bits per heavy atom. The van der Waals surface area contributed by atoms with Gasteiger partial charge in [0.05, 0.1) is 6.20 Å². The molecule has 0 aliphatic rings. The van der Waals surface area contributed by atoms with Crippen LogP contribution in [0.25, 0.3) is 0 Å². The van der Waals surface area contributed by atoms with E-state index in [1.54, 1.807) is 12.4 Å². The summed E-state index contributed by atoms with van der Waals surface area (Å²) in [5, 5.41) is 0. The molecular formula is C9H11NO. The van der Waals surface area contributed by atoms with E-state index in [2.05, 4.69) is 4.98 Å². The molecule has 1 heterocycles. The van der Waals surface area contributed by atoms with Crippen molar-refractivity contribution in [1.29, 1.82) is 0 Å². The molecule has 0 amide bonds. The van der Waals surface area contributed by atoms with Gasteiger partial charge in [0.1, 0.15) is 12.4 Å². The number of hydrogen-bond acceptors (Lipinski definition) is 2. The van der Waals surface area contributed by atoms with Crippen LogP contribution >= 0.6 is 0 Å². The fourth-order valence-corrected chi connectivity index (χ4v) is 0.673. The van der Waals surface area contributed by atoms with E-state index in [-0.39, 0.29) is 0 Å². The van der Waals surface area contributed by atoms with Gasteiger partial charge >= 0.3 is 0 Å². The summed E-state index contributed by atoms with van der Waals surface area (Å²) >= 11 is 0. The van der Waals surface area contributed by atoms with Gasteiger partial charge in [-0.15, -0.1) is 0 Å². The first-order valence-corrected chi connectivity index (χ1v) is 3.57. The third-order valence-electron chi connectivity index (χ3n) is 1.22. The minimum atomic E-state index is 0.613. The zero-order chi connectivity index (χ0) is 7.94. The van der Waals surface area contributed by atoms with E-state index in [1.165, 1.54) is 0 Å². The lowest BCUT2D eigenvalue weighted by Gasteiger charge is -1.99. The average molecular weight is 149 g/mol. The highest BCUT2D eigenvalue weighted by molar-refractivity contribution is 5.15. The lowest BCUT2D eigenvalue weighted by molar-refractivity contribution is 0.361. The van der Waals surface area contributed by atoms with E-state index < -0.39 is 0 Å². The monoisotopic (exact) mass is 149 g/mol. The molecule has 1 aromatic rings. The Hall–Kier alpha value is -1.31. The maximum atomic E-state index is 5.30. The number of aromatic nitrogens is 1. The van der Waals surface area contributed by atoms with Gasteiger partial charge in [-0.05, 0) is 19.1 Å².